The number of halogens is 3. The van der Waals surface area contributed by atoms with Crippen LogP contribution in [0.15, 0.2) is 40.9 Å². The van der Waals surface area contributed by atoms with Gasteiger partial charge in [-0.05, 0) is 43.3 Å². The van der Waals surface area contributed by atoms with E-state index < -0.39 is 23.6 Å². The smallest absolute Gasteiger partial charge is 0.251 e. The molecule has 1 amide bonds. The Bertz CT molecular complexity index is 671. The van der Waals surface area contributed by atoms with Crippen molar-refractivity contribution in [2.45, 2.75) is 13.0 Å². The van der Waals surface area contributed by atoms with Crippen LogP contribution < -0.4 is 11.1 Å². The van der Waals surface area contributed by atoms with Crippen molar-refractivity contribution in [1.29, 1.82) is 0 Å². The van der Waals surface area contributed by atoms with Crippen LogP contribution in [0.4, 0.5) is 14.5 Å². The number of rotatable bonds is 3. The van der Waals surface area contributed by atoms with Gasteiger partial charge in [0.25, 0.3) is 5.91 Å². The highest BCUT2D eigenvalue weighted by atomic mass is 79.9. The second-order valence-corrected chi connectivity index (χ2v) is 5.55. The zero-order chi connectivity index (χ0) is 15.6. The Balaban J connectivity index is 2.20. The van der Waals surface area contributed by atoms with Gasteiger partial charge in [-0.25, -0.2) is 8.78 Å². The van der Waals surface area contributed by atoms with E-state index in [9.17, 15) is 13.6 Å². The van der Waals surface area contributed by atoms with E-state index in [1.807, 2.05) is 0 Å². The maximum atomic E-state index is 13.7. The average Bonchev–Trinajstić information content (AvgIpc) is 2.40. The first-order valence-corrected chi connectivity index (χ1v) is 6.98. The lowest BCUT2D eigenvalue weighted by Gasteiger charge is -2.15. The summed E-state index contributed by atoms with van der Waals surface area (Å²) in [6.07, 6.45) is 0. The number of nitrogen functional groups attached to an aromatic ring is 1. The van der Waals surface area contributed by atoms with Crippen LogP contribution in [-0.4, -0.2) is 5.91 Å². The number of hydrogen-bond donors (Lipinski definition) is 2. The largest absolute Gasteiger partial charge is 0.399 e. The van der Waals surface area contributed by atoms with Crippen LogP contribution in [0.5, 0.6) is 0 Å². The lowest BCUT2D eigenvalue weighted by Crippen LogP contribution is -2.27. The highest BCUT2D eigenvalue weighted by molar-refractivity contribution is 9.10. The molecule has 0 aliphatic carbocycles. The number of carbonyl (C=O) groups excluding carboxylic acids is 1. The van der Waals surface area contributed by atoms with Gasteiger partial charge in [0, 0.05) is 21.3 Å². The molecular weight excluding hydrogens is 342 g/mol. The highest BCUT2D eigenvalue weighted by Crippen LogP contribution is 2.20. The van der Waals surface area contributed by atoms with Crippen LogP contribution in [0.3, 0.4) is 0 Å². The molecule has 3 N–H and O–H groups in total. The van der Waals surface area contributed by atoms with Crippen LogP contribution in [-0.2, 0) is 0 Å². The first-order chi connectivity index (χ1) is 9.86. The summed E-state index contributed by atoms with van der Waals surface area (Å²) in [5, 5.41) is 2.61. The first-order valence-electron chi connectivity index (χ1n) is 6.18. The van der Waals surface area contributed by atoms with E-state index in [-0.39, 0.29) is 5.56 Å². The molecule has 21 heavy (non-hydrogen) atoms. The van der Waals surface area contributed by atoms with E-state index in [0.29, 0.717) is 15.7 Å². The third-order valence-electron chi connectivity index (χ3n) is 2.95. The Morgan fingerprint density at radius 3 is 2.62 bits per heavy atom. The molecule has 0 fully saturated rings. The molecule has 0 bridgehead atoms. The Morgan fingerprint density at radius 1 is 1.24 bits per heavy atom. The fourth-order valence-electron chi connectivity index (χ4n) is 1.95. The summed E-state index contributed by atoms with van der Waals surface area (Å²) in [5.74, 6) is -1.55. The zero-order valence-electron chi connectivity index (χ0n) is 11.2. The Kier molecular flexibility index (Phi) is 4.57. The molecule has 2 rings (SSSR count). The number of nitrogens with one attached hydrogen (secondary N) is 1. The maximum absolute atomic E-state index is 13.7. The van der Waals surface area contributed by atoms with Crippen molar-refractivity contribution in [3.8, 4) is 0 Å². The van der Waals surface area contributed by atoms with E-state index >= 15 is 0 Å². The number of amides is 1. The molecule has 0 aliphatic heterocycles. The summed E-state index contributed by atoms with van der Waals surface area (Å²) < 4.78 is 27.5. The minimum Gasteiger partial charge on any atom is -0.399 e. The minimum atomic E-state index is -0.673. The van der Waals surface area contributed by atoms with E-state index in [1.54, 1.807) is 19.1 Å². The normalized spacial score (nSPS) is 12.0. The van der Waals surface area contributed by atoms with Gasteiger partial charge in [-0.15, -0.1) is 0 Å². The van der Waals surface area contributed by atoms with Crippen molar-refractivity contribution in [3.63, 3.8) is 0 Å². The standard InChI is InChI=1S/C15H13BrF2N2O/c1-8(13-7-11(17)2-3-14(13)18)20-15(21)9-4-10(16)6-12(19)5-9/h2-8H,19H2,1H3,(H,20,21). The Labute approximate surface area is 129 Å². The van der Waals surface area contributed by atoms with Gasteiger partial charge in [-0.1, -0.05) is 15.9 Å². The average molecular weight is 355 g/mol. The van der Waals surface area contributed by atoms with Gasteiger partial charge in [0.2, 0.25) is 0 Å². The van der Waals surface area contributed by atoms with Crippen molar-refractivity contribution in [1.82, 2.24) is 5.32 Å². The second kappa shape index (κ2) is 6.22. The summed E-state index contributed by atoms with van der Waals surface area (Å²) >= 11 is 3.24. The molecule has 1 atom stereocenters. The third-order valence-corrected chi connectivity index (χ3v) is 3.41. The van der Waals surface area contributed by atoms with Crippen LogP contribution in [0.2, 0.25) is 0 Å². The van der Waals surface area contributed by atoms with Crippen molar-refractivity contribution in [2.24, 2.45) is 0 Å². The monoisotopic (exact) mass is 354 g/mol. The molecular formula is C15H13BrF2N2O. The van der Waals surface area contributed by atoms with Gasteiger partial charge in [0.1, 0.15) is 11.6 Å². The number of benzene rings is 2. The summed E-state index contributed by atoms with van der Waals surface area (Å²) in [6.45, 7) is 1.58. The highest BCUT2D eigenvalue weighted by Gasteiger charge is 2.16. The van der Waals surface area contributed by atoms with Gasteiger partial charge < -0.3 is 11.1 Å². The SMILES string of the molecule is CC(NC(=O)c1cc(N)cc(Br)c1)c1cc(F)ccc1F. The second-order valence-electron chi connectivity index (χ2n) is 4.63. The molecule has 1 unspecified atom stereocenters. The van der Waals surface area contributed by atoms with Crippen LogP contribution in [0.25, 0.3) is 0 Å². The van der Waals surface area contributed by atoms with E-state index in [0.717, 1.165) is 18.2 Å². The zero-order valence-corrected chi connectivity index (χ0v) is 12.7. The summed E-state index contributed by atoms with van der Waals surface area (Å²) in [7, 11) is 0. The lowest BCUT2D eigenvalue weighted by molar-refractivity contribution is 0.0939. The molecule has 0 heterocycles. The van der Waals surface area contributed by atoms with Crippen molar-refractivity contribution in [2.75, 3.05) is 5.73 Å². The van der Waals surface area contributed by atoms with Crippen molar-refractivity contribution >= 4 is 27.5 Å². The molecule has 3 nitrogen and oxygen atoms in total. The quantitative estimate of drug-likeness (QED) is 0.823. The molecule has 110 valence electrons. The topological polar surface area (TPSA) is 55.1 Å². The van der Waals surface area contributed by atoms with Crippen LogP contribution in [0, 0.1) is 11.6 Å². The minimum absolute atomic E-state index is 0.0892. The molecule has 2 aromatic rings. The Morgan fingerprint density at radius 2 is 1.95 bits per heavy atom. The molecule has 0 spiro atoms. The van der Waals surface area contributed by atoms with Gasteiger partial charge in [0.15, 0.2) is 0 Å². The molecule has 0 saturated carbocycles. The van der Waals surface area contributed by atoms with Crippen LogP contribution in [0.1, 0.15) is 28.9 Å². The number of carbonyl (C=O) groups is 1. The van der Waals surface area contributed by atoms with Gasteiger partial charge >= 0.3 is 0 Å². The molecule has 0 aliphatic rings. The first kappa shape index (κ1) is 15.4. The van der Waals surface area contributed by atoms with Gasteiger partial charge in [0.05, 0.1) is 6.04 Å². The maximum Gasteiger partial charge on any atom is 0.251 e. The molecule has 2 aromatic carbocycles. The predicted octanol–water partition coefficient (Wildman–Crippen LogP) is 3.80. The lowest BCUT2D eigenvalue weighted by atomic mass is 10.1. The number of hydrogen-bond acceptors (Lipinski definition) is 2. The van der Waals surface area contributed by atoms with Crippen LogP contribution >= 0.6 is 15.9 Å². The molecule has 0 saturated heterocycles. The predicted molar refractivity (Wildman–Crippen MR) is 80.8 cm³/mol. The molecule has 6 heteroatoms. The number of anilines is 1. The van der Waals surface area contributed by atoms with E-state index in [1.165, 1.54) is 6.07 Å². The number of nitrogens with two attached hydrogens (primary N) is 1. The molecule has 0 aromatic heterocycles. The summed E-state index contributed by atoms with van der Waals surface area (Å²) in [4.78, 5) is 12.1. The van der Waals surface area contributed by atoms with E-state index in [2.05, 4.69) is 21.2 Å². The fourth-order valence-corrected chi connectivity index (χ4v) is 2.46. The third kappa shape index (κ3) is 3.78. The van der Waals surface area contributed by atoms with E-state index in [4.69, 9.17) is 5.73 Å². The van der Waals surface area contributed by atoms with Crippen molar-refractivity contribution < 1.29 is 13.6 Å². The van der Waals surface area contributed by atoms with Crippen molar-refractivity contribution in [3.05, 3.63) is 63.6 Å². The fraction of sp³-hybridized carbons (Fsp3) is 0.133. The van der Waals surface area contributed by atoms with Gasteiger partial charge in [-0.3, -0.25) is 4.79 Å². The Hall–Kier alpha value is -1.95. The summed E-state index contributed by atoms with van der Waals surface area (Å²) in [6, 6.07) is 7.22. The van der Waals surface area contributed by atoms with Gasteiger partial charge in [-0.2, -0.15) is 0 Å². The molecule has 0 radical (unpaired) electrons. The summed E-state index contributed by atoms with van der Waals surface area (Å²) in [5.41, 5.74) is 6.52.